The normalized spacial score (nSPS) is 26.4. The molecule has 0 aromatic carbocycles. The molecule has 0 aromatic heterocycles. The Labute approximate surface area is 83.9 Å². The van der Waals surface area contributed by atoms with E-state index in [1.165, 1.54) is 0 Å². The maximum Gasteiger partial charge on any atom is 0.332 e. The number of ether oxygens (including phenoxy) is 1. The van der Waals surface area contributed by atoms with Gasteiger partial charge in [-0.05, 0) is 19.3 Å². The van der Waals surface area contributed by atoms with Gasteiger partial charge in [-0.15, -0.1) is 0 Å². The van der Waals surface area contributed by atoms with Gasteiger partial charge < -0.3 is 15.2 Å². The van der Waals surface area contributed by atoms with Crippen LogP contribution < -0.4 is 5.32 Å². The van der Waals surface area contributed by atoms with Crippen molar-refractivity contribution in [3.63, 3.8) is 0 Å². The van der Waals surface area contributed by atoms with Gasteiger partial charge in [-0.1, -0.05) is 6.58 Å². The first kappa shape index (κ1) is 11.2. The number of nitrogens with one attached hydrogen (secondary N) is 1. The van der Waals surface area contributed by atoms with Crippen LogP contribution in [0.15, 0.2) is 12.2 Å². The second kappa shape index (κ2) is 5.12. The molecule has 4 heteroatoms. The zero-order valence-corrected chi connectivity index (χ0v) is 8.45. The Morgan fingerprint density at radius 2 is 2.36 bits per heavy atom. The molecule has 14 heavy (non-hydrogen) atoms. The lowest BCUT2D eigenvalue weighted by Gasteiger charge is -2.19. The molecule has 0 amide bonds. The summed E-state index contributed by atoms with van der Waals surface area (Å²) in [5.74, 6) is -0.940. The lowest BCUT2D eigenvalue weighted by Crippen LogP contribution is -2.38. The number of carbonyl (C=O) groups is 1. The molecule has 2 N–H and O–H groups in total. The van der Waals surface area contributed by atoms with Crippen LogP contribution in [0.3, 0.4) is 0 Å². The van der Waals surface area contributed by atoms with Crippen molar-refractivity contribution in [2.45, 2.75) is 31.4 Å². The van der Waals surface area contributed by atoms with Crippen LogP contribution in [-0.4, -0.2) is 36.9 Å². The van der Waals surface area contributed by atoms with Crippen molar-refractivity contribution in [1.82, 2.24) is 5.32 Å². The van der Waals surface area contributed by atoms with E-state index in [0.717, 1.165) is 19.3 Å². The molecule has 0 aliphatic heterocycles. The molecule has 1 aliphatic carbocycles. The van der Waals surface area contributed by atoms with E-state index in [1.807, 2.05) is 0 Å². The Hall–Kier alpha value is -0.870. The average molecular weight is 199 g/mol. The number of carboxylic acids is 1. The van der Waals surface area contributed by atoms with Crippen LogP contribution in [-0.2, 0) is 9.53 Å². The van der Waals surface area contributed by atoms with Gasteiger partial charge in [-0.25, -0.2) is 4.79 Å². The zero-order valence-electron chi connectivity index (χ0n) is 8.45. The molecule has 0 aromatic rings. The van der Waals surface area contributed by atoms with Crippen molar-refractivity contribution in [3.8, 4) is 0 Å². The minimum atomic E-state index is -0.940. The molecule has 4 nitrogen and oxygen atoms in total. The average Bonchev–Trinajstić information content (AvgIpc) is 2.60. The molecule has 0 heterocycles. The highest BCUT2D eigenvalue weighted by molar-refractivity contribution is 5.86. The van der Waals surface area contributed by atoms with Gasteiger partial charge in [0.1, 0.15) is 0 Å². The number of aliphatic carboxylic acids is 1. The Bertz CT molecular complexity index is 227. The van der Waals surface area contributed by atoms with E-state index < -0.39 is 5.97 Å². The molecule has 1 aliphatic rings. The number of rotatable bonds is 5. The Morgan fingerprint density at radius 1 is 1.64 bits per heavy atom. The number of hydrogen-bond donors (Lipinski definition) is 2. The standard InChI is InChI=1S/C10H17NO3/c1-7(10(12)13)6-11-8-4-3-5-9(8)14-2/h8-9,11H,1,3-6H2,2H3,(H,12,13). The highest BCUT2D eigenvalue weighted by Gasteiger charge is 2.26. The quantitative estimate of drug-likeness (QED) is 0.642. The molecule has 0 saturated heterocycles. The molecule has 0 spiro atoms. The topological polar surface area (TPSA) is 58.6 Å². The van der Waals surface area contributed by atoms with Crippen molar-refractivity contribution in [2.24, 2.45) is 0 Å². The zero-order chi connectivity index (χ0) is 10.6. The summed E-state index contributed by atoms with van der Waals surface area (Å²) in [6.45, 7) is 3.80. The second-order valence-corrected chi connectivity index (χ2v) is 3.60. The maximum atomic E-state index is 10.5. The van der Waals surface area contributed by atoms with Gasteiger partial charge in [0.25, 0.3) is 0 Å². The minimum absolute atomic E-state index is 0.201. The lowest BCUT2D eigenvalue weighted by atomic mass is 10.2. The van der Waals surface area contributed by atoms with Crippen molar-refractivity contribution in [2.75, 3.05) is 13.7 Å². The molecule has 80 valence electrons. The Morgan fingerprint density at radius 3 is 2.93 bits per heavy atom. The van der Waals surface area contributed by atoms with Crippen LogP contribution in [0, 0.1) is 0 Å². The van der Waals surface area contributed by atoms with E-state index >= 15 is 0 Å². The smallest absolute Gasteiger partial charge is 0.332 e. The van der Waals surface area contributed by atoms with Crippen molar-refractivity contribution in [3.05, 3.63) is 12.2 Å². The first-order valence-electron chi connectivity index (χ1n) is 4.82. The SMILES string of the molecule is C=C(CNC1CCCC1OC)C(=O)O. The molecule has 1 rings (SSSR count). The molecule has 1 saturated carbocycles. The predicted molar refractivity (Wildman–Crippen MR) is 53.2 cm³/mol. The van der Waals surface area contributed by atoms with Crippen LogP contribution >= 0.6 is 0 Å². The van der Waals surface area contributed by atoms with E-state index in [9.17, 15) is 4.79 Å². The monoisotopic (exact) mass is 199 g/mol. The maximum absolute atomic E-state index is 10.5. The van der Waals surface area contributed by atoms with Gasteiger partial charge in [-0.3, -0.25) is 0 Å². The summed E-state index contributed by atoms with van der Waals surface area (Å²) in [6.07, 6.45) is 3.45. The molecular weight excluding hydrogens is 182 g/mol. The Balaban J connectivity index is 2.30. The predicted octanol–water partition coefficient (Wildman–Crippen LogP) is 0.784. The second-order valence-electron chi connectivity index (χ2n) is 3.60. The fourth-order valence-electron chi connectivity index (χ4n) is 1.77. The highest BCUT2D eigenvalue weighted by atomic mass is 16.5. The van der Waals surface area contributed by atoms with Crippen molar-refractivity contribution >= 4 is 5.97 Å². The number of methoxy groups -OCH3 is 1. The van der Waals surface area contributed by atoms with E-state index in [4.69, 9.17) is 9.84 Å². The van der Waals surface area contributed by atoms with Crippen LogP contribution in [0.2, 0.25) is 0 Å². The summed E-state index contributed by atoms with van der Waals surface area (Å²) in [6, 6.07) is 0.274. The highest BCUT2D eigenvalue weighted by Crippen LogP contribution is 2.21. The van der Waals surface area contributed by atoms with Crippen LogP contribution in [0.1, 0.15) is 19.3 Å². The first-order chi connectivity index (χ1) is 6.65. The summed E-state index contributed by atoms with van der Waals surface area (Å²) in [5, 5.41) is 11.8. The van der Waals surface area contributed by atoms with E-state index in [0.29, 0.717) is 6.54 Å². The Kier molecular flexibility index (Phi) is 4.10. The van der Waals surface area contributed by atoms with Crippen molar-refractivity contribution in [1.29, 1.82) is 0 Å². The van der Waals surface area contributed by atoms with E-state index in [-0.39, 0.29) is 17.7 Å². The summed E-state index contributed by atoms with van der Waals surface area (Å²) >= 11 is 0. The number of hydrogen-bond acceptors (Lipinski definition) is 3. The third-order valence-electron chi connectivity index (χ3n) is 2.64. The molecule has 2 unspecified atom stereocenters. The third-order valence-corrected chi connectivity index (χ3v) is 2.64. The van der Waals surface area contributed by atoms with Gasteiger partial charge >= 0.3 is 5.97 Å². The van der Waals surface area contributed by atoms with Crippen LogP contribution in [0.5, 0.6) is 0 Å². The van der Waals surface area contributed by atoms with Gasteiger partial charge in [-0.2, -0.15) is 0 Å². The van der Waals surface area contributed by atoms with Crippen LogP contribution in [0.4, 0.5) is 0 Å². The van der Waals surface area contributed by atoms with E-state index in [1.54, 1.807) is 7.11 Å². The molecule has 0 radical (unpaired) electrons. The summed E-state index contributed by atoms with van der Waals surface area (Å²) in [5.41, 5.74) is 0.201. The summed E-state index contributed by atoms with van der Waals surface area (Å²) in [4.78, 5) is 10.5. The fourth-order valence-corrected chi connectivity index (χ4v) is 1.77. The van der Waals surface area contributed by atoms with Gasteiger partial charge in [0.05, 0.1) is 6.10 Å². The molecule has 0 bridgehead atoms. The molecular formula is C10H17NO3. The fraction of sp³-hybridized carbons (Fsp3) is 0.700. The first-order valence-corrected chi connectivity index (χ1v) is 4.82. The molecule has 2 atom stereocenters. The van der Waals surface area contributed by atoms with Crippen LogP contribution in [0.25, 0.3) is 0 Å². The third kappa shape index (κ3) is 2.82. The summed E-state index contributed by atoms with van der Waals surface area (Å²) < 4.78 is 5.28. The summed E-state index contributed by atoms with van der Waals surface area (Å²) in [7, 11) is 1.69. The number of carboxylic acid groups (broad SMARTS) is 1. The van der Waals surface area contributed by atoms with Gasteiger partial charge in [0, 0.05) is 25.3 Å². The molecule has 1 fully saturated rings. The van der Waals surface area contributed by atoms with Gasteiger partial charge in [0.2, 0.25) is 0 Å². The van der Waals surface area contributed by atoms with Gasteiger partial charge in [0.15, 0.2) is 0 Å². The largest absolute Gasteiger partial charge is 0.478 e. The minimum Gasteiger partial charge on any atom is -0.478 e. The lowest BCUT2D eigenvalue weighted by molar-refractivity contribution is -0.132. The van der Waals surface area contributed by atoms with Crippen molar-refractivity contribution < 1.29 is 14.6 Å². The van der Waals surface area contributed by atoms with E-state index in [2.05, 4.69) is 11.9 Å².